The molecule has 3 heterocycles. The number of nitrogens with one attached hydrogen (secondary N) is 2. The SMILES string of the molecule is CCOc1ccc(NC(=O)[C@H]2[C@@H]3C=C[C@]4(O3)[C@@H]2C(=O)N(CCC(C)C)[C@@H]4C(=O)NC2CCCCC2)cc1. The second-order valence-electron chi connectivity index (χ2n) is 11.2. The normalized spacial score (nSPS) is 30.6. The standard InChI is InChI=1S/C29H39N3O5/c1-4-36-21-12-10-20(11-13-21)30-26(33)23-22-14-16-29(37-22)24(23)28(35)32(17-15-18(2)3)25(29)27(34)31-19-8-6-5-7-9-19/h10-14,16,18-19,22-25H,4-9,15,17H2,1-3H3,(H,30,33)(H,31,34)/t22-,23-,24-,25+,29-/m0/s1. The molecule has 1 aromatic rings. The van der Waals surface area contributed by atoms with Crippen LogP contribution in [0.3, 0.4) is 0 Å². The molecule has 0 radical (unpaired) electrons. The monoisotopic (exact) mass is 509 g/mol. The molecule has 2 N–H and O–H groups in total. The van der Waals surface area contributed by atoms with Gasteiger partial charge < -0.3 is 25.0 Å². The highest BCUT2D eigenvalue weighted by Gasteiger charge is 2.72. The van der Waals surface area contributed by atoms with Crippen molar-refractivity contribution in [2.75, 3.05) is 18.5 Å². The number of likely N-dealkylation sites (tertiary alicyclic amines) is 1. The van der Waals surface area contributed by atoms with E-state index in [0.29, 0.717) is 24.8 Å². The van der Waals surface area contributed by atoms with Crippen LogP contribution in [-0.4, -0.2) is 59.6 Å². The molecule has 1 saturated carbocycles. The smallest absolute Gasteiger partial charge is 0.246 e. The molecule has 3 fully saturated rings. The Morgan fingerprint density at radius 2 is 1.86 bits per heavy atom. The highest BCUT2D eigenvalue weighted by Crippen LogP contribution is 2.55. The van der Waals surface area contributed by atoms with Crippen LogP contribution >= 0.6 is 0 Å². The molecule has 200 valence electrons. The maximum Gasteiger partial charge on any atom is 0.246 e. The third-order valence-corrected chi connectivity index (χ3v) is 8.26. The number of carbonyl (C=O) groups is 3. The van der Waals surface area contributed by atoms with Crippen LogP contribution in [0.1, 0.15) is 59.3 Å². The Hall–Kier alpha value is -2.87. The van der Waals surface area contributed by atoms with Crippen molar-refractivity contribution in [3.05, 3.63) is 36.4 Å². The molecule has 2 bridgehead atoms. The summed E-state index contributed by atoms with van der Waals surface area (Å²) in [6.45, 7) is 7.15. The third-order valence-electron chi connectivity index (χ3n) is 8.26. The Balaban J connectivity index is 1.39. The lowest BCUT2D eigenvalue weighted by atomic mass is 9.74. The number of carbonyl (C=O) groups excluding carboxylic acids is 3. The maximum atomic E-state index is 13.9. The second kappa shape index (κ2) is 10.5. The van der Waals surface area contributed by atoms with E-state index in [9.17, 15) is 14.4 Å². The minimum Gasteiger partial charge on any atom is -0.494 e. The van der Waals surface area contributed by atoms with Crippen LogP contribution in [0.4, 0.5) is 5.69 Å². The molecule has 5 rings (SSSR count). The van der Waals surface area contributed by atoms with Gasteiger partial charge in [-0.1, -0.05) is 45.3 Å². The largest absolute Gasteiger partial charge is 0.494 e. The first-order valence-electron chi connectivity index (χ1n) is 13.9. The zero-order chi connectivity index (χ0) is 26.2. The average molecular weight is 510 g/mol. The Kier molecular flexibility index (Phi) is 7.30. The van der Waals surface area contributed by atoms with E-state index in [1.165, 1.54) is 6.42 Å². The lowest BCUT2D eigenvalue weighted by molar-refractivity contribution is -0.141. The van der Waals surface area contributed by atoms with Crippen molar-refractivity contribution >= 4 is 23.4 Å². The zero-order valence-corrected chi connectivity index (χ0v) is 22.1. The summed E-state index contributed by atoms with van der Waals surface area (Å²) in [4.78, 5) is 42.9. The number of hydrogen-bond acceptors (Lipinski definition) is 5. The van der Waals surface area contributed by atoms with Crippen LogP contribution < -0.4 is 15.4 Å². The Morgan fingerprint density at radius 1 is 1.14 bits per heavy atom. The third kappa shape index (κ3) is 4.76. The number of fused-ring (bicyclic) bond motifs is 1. The fourth-order valence-corrected chi connectivity index (χ4v) is 6.46. The number of ether oxygens (including phenoxy) is 2. The number of rotatable bonds is 9. The van der Waals surface area contributed by atoms with Crippen LogP contribution in [-0.2, 0) is 19.1 Å². The van der Waals surface area contributed by atoms with Crippen molar-refractivity contribution in [1.82, 2.24) is 10.2 Å². The van der Waals surface area contributed by atoms with E-state index < -0.39 is 29.6 Å². The average Bonchev–Trinajstić information content (AvgIpc) is 3.52. The van der Waals surface area contributed by atoms with Gasteiger partial charge in [-0.2, -0.15) is 0 Å². The van der Waals surface area contributed by atoms with Gasteiger partial charge in [-0.05, 0) is 56.4 Å². The van der Waals surface area contributed by atoms with Crippen molar-refractivity contribution in [2.45, 2.75) is 83.1 Å². The first kappa shape index (κ1) is 25.8. The van der Waals surface area contributed by atoms with E-state index in [4.69, 9.17) is 9.47 Å². The molecule has 8 heteroatoms. The van der Waals surface area contributed by atoms with E-state index >= 15 is 0 Å². The molecule has 3 amide bonds. The topological polar surface area (TPSA) is 97.0 Å². The van der Waals surface area contributed by atoms with Crippen LogP contribution in [0, 0.1) is 17.8 Å². The van der Waals surface area contributed by atoms with E-state index in [-0.39, 0.29) is 23.8 Å². The van der Waals surface area contributed by atoms with Gasteiger partial charge in [-0.25, -0.2) is 0 Å². The number of anilines is 1. The molecule has 2 saturated heterocycles. The lowest BCUT2D eigenvalue weighted by Gasteiger charge is -2.34. The molecule has 37 heavy (non-hydrogen) atoms. The van der Waals surface area contributed by atoms with E-state index in [2.05, 4.69) is 24.5 Å². The Bertz CT molecular complexity index is 1050. The van der Waals surface area contributed by atoms with Gasteiger partial charge in [0.25, 0.3) is 0 Å². The first-order chi connectivity index (χ1) is 17.8. The Morgan fingerprint density at radius 3 is 2.54 bits per heavy atom. The summed E-state index contributed by atoms with van der Waals surface area (Å²) in [5.74, 6) is -0.912. The van der Waals surface area contributed by atoms with Crippen LogP contribution in [0.2, 0.25) is 0 Å². The highest BCUT2D eigenvalue weighted by molar-refractivity contribution is 6.02. The molecular formula is C29H39N3O5. The maximum absolute atomic E-state index is 13.9. The van der Waals surface area contributed by atoms with Crippen molar-refractivity contribution in [2.24, 2.45) is 17.8 Å². The second-order valence-corrected chi connectivity index (χ2v) is 11.2. The fourth-order valence-electron chi connectivity index (χ4n) is 6.46. The van der Waals surface area contributed by atoms with Crippen molar-refractivity contribution in [3.8, 4) is 5.75 Å². The lowest BCUT2D eigenvalue weighted by Crippen LogP contribution is -2.56. The summed E-state index contributed by atoms with van der Waals surface area (Å²) >= 11 is 0. The molecule has 1 aliphatic carbocycles. The van der Waals surface area contributed by atoms with Crippen molar-refractivity contribution in [1.29, 1.82) is 0 Å². The predicted molar refractivity (Wildman–Crippen MR) is 140 cm³/mol. The van der Waals surface area contributed by atoms with Gasteiger partial charge in [0.1, 0.15) is 17.4 Å². The fraction of sp³-hybridized carbons (Fsp3) is 0.621. The minimum atomic E-state index is -1.11. The van der Waals surface area contributed by atoms with Gasteiger partial charge in [-0.3, -0.25) is 14.4 Å². The molecule has 1 aromatic carbocycles. The van der Waals surface area contributed by atoms with Crippen molar-refractivity contribution in [3.63, 3.8) is 0 Å². The zero-order valence-electron chi connectivity index (χ0n) is 22.1. The molecular weight excluding hydrogens is 470 g/mol. The summed E-state index contributed by atoms with van der Waals surface area (Å²) in [6, 6.07) is 6.54. The van der Waals surface area contributed by atoms with Crippen LogP contribution in [0.5, 0.6) is 5.75 Å². The number of amides is 3. The quantitative estimate of drug-likeness (QED) is 0.495. The van der Waals surface area contributed by atoms with Gasteiger partial charge in [0.05, 0.1) is 24.5 Å². The number of hydrogen-bond donors (Lipinski definition) is 2. The molecule has 0 aromatic heterocycles. The molecule has 3 aliphatic heterocycles. The van der Waals surface area contributed by atoms with Gasteiger partial charge in [0.15, 0.2) is 0 Å². The predicted octanol–water partition coefficient (Wildman–Crippen LogP) is 3.67. The molecule has 0 unspecified atom stereocenters. The van der Waals surface area contributed by atoms with Crippen molar-refractivity contribution < 1.29 is 23.9 Å². The molecule has 4 aliphatic rings. The first-order valence-corrected chi connectivity index (χ1v) is 13.9. The molecule has 8 nitrogen and oxygen atoms in total. The highest BCUT2D eigenvalue weighted by atomic mass is 16.5. The van der Waals surface area contributed by atoms with Gasteiger partial charge >= 0.3 is 0 Å². The van der Waals surface area contributed by atoms with E-state index in [1.54, 1.807) is 29.2 Å². The molecule has 1 spiro atoms. The van der Waals surface area contributed by atoms with Crippen LogP contribution in [0.15, 0.2) is 36.4 Å². The summed E-state index contributed by atoms with van der Waals surface area (Å²) in [5.41, 5.74) is -0.485. The number of benzene rings is 1. The van der Waals surface area contributed by atoms with Gasteiger partial charge in [0.2, 0.25) is 17.7 Å². The summed E-state index contributed by atoms with van der Waals surface area (Å²) in [7, 11) is 0. The Labute approximate surface area is 219 Å². The number of nitrogens with zero attached hydrogens (tertiary/aromatic N) is 1. The van der Waals surface area contributed by atoms with E-state index in [0.717, 1.165) is 37.9 Å². The summed E-state index contributed by atoms with van der Waals surface area (Å²) in [6.07, 6.45) is 9.30. The van der Waals surface area contributed by atoms with Crippen LogP contribution in [0.25, 0.3) is 0 Å². The van der Waals surface area contributed by atoms with Gasteiger partial charge in [-0.15, -0.1) is 0 Å². The molecule has 5 atom stereocenters. The minimum absolute atomic E-state index is 0.125. The van der Waals surface area contributed by atoms with Gasteiger partial charge in [0, 0.05) is 18.3 Å². The van der Waals surface area contributed by atoms with E-state index in [1.807, 2.05) is 19.1 Å². The summed E-state index contributed by atoms with van der Waals surface area (Å²) < 4.78 is 11.9. The summed E-state index contributed by atoms with van der Waals surface area (Å²) in [5, 5.41) is 6.19.